The molecule has 3 aromatic rings. The first-order valence-electron chi connectivity index (χ1n) is 10.6. The van der Waals surface area contributed by atoms with Crippen LogP contribution < -0.4 is 0 Å². The summed E-state index contributed by atoms with van der Waals surface area (Å²) >= 11 is 1.80. The van der Waals surface area contributed by atoms with Gasteiger partial charge in [-0.25, -0.2) is 4.98 Å². The summed E-state index contributed by atoms with van der Waals surface area (Å²) in [5.74, 6) is 0. The van der Waals surface area contributed by atoms with Crippen molar-refractivity contribution < 1.29 is 4.74 Å². The highest BCUT2D eigenvalue weighted by Gasteiger charge is 2.43. The number of aryl methyl sites for hydroxylation is 2. The minimum atomic E-state index is -0.0295. The largest absolute Gasteiger partial charge is 0.381 e. The average Bonchev–Trinajstić information content (AvgIpc) is 3.40. The Bertz CT molecular complexity index is 917. The van der Waals surface area contributed by atoms with Gasteiger partial charge in [0.25, 0.3) is 0 Å². The van der Waals surface area contributed by atoms with Crippen molar-refractivity contribution in [1.29, 1.82) is 0 Å². The minimum absolute atomic E-state index is 0.0295. The third-order valence-electron chi connectivity index (χ3n) is 6.50. The van der Waals surface area contributed by atoms with Gasteiger partial charge in [0.2, 0.25) is 0 Å². The fraction of sp³-hybridized carbons (Fsp3) is 0.565. The molecule has 1 fully saturated rings. The molecule has 0 N–H and O–H groups in total. The summed E-state index contributed by atoms with van der Waals surface area (Å²) in [5.41, 5.74) is 2.53. The van der Waals surface area contributed by atoms with Gasteiger partial charge >= 0.3 is 0 Å². The second kappa shape index (κ2) is 8.17. The third-order valence-corrected chi connectivity index (χ3v) is 7.57. The second-order valence-electron chi connectivity index (χ2n) is 8.87. The first kappa shape index (κ1) is 20.5. The van der Waals surface area contributed by atoms with Gasteiger partial charge in [0.05, 0.1) is 6.61 Å². The number of thiazole rings is 1. The third kappa shape index (κ3) is 4.25. The number of ether oxygens (including phenoxy) is 1. The fourth-order valence-corrected chi connectivity index (χ4v) is 5.35. The molecule has 0 spiro atoms. The zero-order valence-corrected chi connectivity index (χ0v) is 18.8. The number of pyridine rings is 1. The highest BCUT2D eigenvalue weighted by Crippen LogP contribution is 2.42. The quantitative estimate of drug-likeness (QED) is 0.538. The van der Waals surface area contributed by atoms with Gasteiger partial charge in [0, 0.05) is 59.5 Å². The lowest BCUT2D eigenvalue weighted by atomic mass is 9.82. The van der Waals surface area contributed by atoms with Gasteiger partial charge in [-0.1, -0.05) is 6.07 Å². The molecule has 1 aliphatic heterocycles. The van der Waals surface area contributed by atoms with Gasteiger partial charge in [0.15, 0.2) is 4.96 Å². The maximum Gasteiger partial charge on any atom is 0.193 e. The Kier molecular flexibility index (Phi) is 5.78. The van der Waals surface area contributed by atoms with Crippen LogP contribution in [0.2, 0.25) is 0 Å². The summed E-state index contributed by atoms with van der Waals surface area (Å²) in [4.78, 5) is 14.1. The van der Waals surface area contributed by atoms with Crippen molar-refractivity contribution in [3.8, 4) is 0 Å². The number of rotatable bonds is 8. The topological polar surface area (TPSA) is 42.7 Å². The van der Waals surface area contributed by atoms with E-state index in [2.05, 4.69) is 58.4 Å². The first-order valence-corrected chi connectivity index (χ1v) is 11.4. The molecule has 1 saturated heterocycles. The van der Waals surface area contributed by atoms with E-state index in [-0.39, 0.29) is 11.0 Å². The zero-order chi connectivity index (χ0) is 20.5. The molecule has 29 heavy (non-hydrogen) atoms. The van der Waals surface area contributed by atoms with Crippen LogP contribution in [0.25, 0.3) is 4.96 Å². The van der Waals surface area contributed by atoms with Crippen molar-refractivity contribution in [2.45, 2.75) is 52.5 Å². The molecule has 4 heterocycles. The van der Waals surface area contributed by atoms with Crippen molar-refractivity contribution in [3.63, 3.8) is 0 Å². The van der Waals surface area contributed by atoms with Crippen molar-refractivity contribution in [2.75, 3.05) is 26.3 Å². The monoisotopic (exact) mass is 412 g/mol. The second-order valence-corrected chi connectivity index (χ2v) is 9.96. The van der Waals surface area contributed by atoms with E-state index in [1.807, 2.05) is 25.5 Å². The van der Waals surface area contributed by atoms with Gasteiger partial charge < -0.3 is 4.74 Å². The van der Waals surface area contributed by atoms with Crippen LogP contribution in [0.5, 0.6) is 0 Å². The van der Waals surface area contributed by atoms with Crippen LogP contribution in [-0.2, 0) is 16.7 Å². The summed E-state index contributed by atoms with van der Waals surface area (Å²) in [6.07, 6.45) is 11.6. The Labute approximate surface area is 177 Å². The molecule has 0 saturated carbocycles. The van der Waals surface area contributed by atoms with Gasteiger partial charge in [-0.3, -0.25) is 14.3 Å². The highest BCUT2D eigenvalue weighted by atomic mass is 32.1. The molecule has 5 nitrogen and oxygen atoms in total. The maximum atomic E-state index is 5.98. The lowest BCUT2D eigenvalue weighted by Gasteiger charge is -2.38. The Morgan fingerprint density at radius 2 is 2.14 bits per heavy atom. The SMILES string of the molecule is CCOC[C@@]1(CCc2cn3ccnc3s2)CCN(C(C)(C)c2ccc(C)nc2)C1. The molecule has 0 bridgehead atoms. The summed E-state index contributed by atoms with van der Waals surface area (Å²) in [5, 5.41) is 0. The number of imidazole rings is 1. The summed E-state index contributed by atoms with van der Waals surface area (Å²) < 4.78 is 8.11. The Balaban J connectivity index is 1.49. The lowest BCUT2D eigenvalue weighted by molar-refractivity contribution is 0.0386. The number of hydrogen-bond acceptors (Lipinski definition) is 5. The van der Waals surface area contributed by atoms with Crippen LogP contribution in [0.1, 0.15) is 49.7 Å². The van der Waals surface area contributed by atoms with Crippen LogP contribution in [0.15, 0.2) is 36.9 Å². The van der Waals surface area contributed by atoms with Crippen LogP contribution >= 0.6 is 11.3 Å². The van der Waals surface area contributed by atoms with Gasteiger partial charge in [-0.05, 0) is 65.1 Å². The molecule has 0 aliphatic carbocycles. The normalized spacial score (nSPS) is 20.7. The van der Waals surface area contributed by atoms with Crippen molar-refractivity contribution in [3.05, 3.63) is 53.1 Å². The first-order chi connectivity index (χ1) is 13.9. The molecular weight excluding hydrogens is 380 g/mol. The van der Waals surface area contributed by atoms with E-state index >= 15 is 0 Å². The van der Waals surface area contributed by atoms with E-state index < -0.39 is 0 Å². The molecule has 4 rings (SSSR count). The molecule has 0 unspecified atom stereocenters. The Morgan fingerprint density at radius 1 is 1.28 bits per heavy atom. The smallest absolute Gasteiger partial charge is 0.193 e. The standard InChI is InChI=1S/C23H32N4OS/c1-5-28-17-23(9-8-20-15-26-13-11-24-21(26)29-20)10-12-27(16-23)22(3,4)19-7-6-18(2)25-14-19/h6-7,11,13-15H,5,8-10,12,16-17H2,1-4H3/t23-/m0/s1. The predicted molar refractivity (Wildman–Crippen MR) is 119 cm³/mol. The number of fused-ring (bicyclic) bond motifs is 1. The number of hydrogen-bond donors (Lipinski definition) is 0. The average molecular weight is 413 g/mol. The Morgan fingerprint density at radius 3 is 2.86 bits per heavy atom. The van der Waals surface area contributed by atoms with Gasteiger partial charge in [0.1, 0.15) is 0 Å². The number of nitrogens with zero attached hydrogens (tertiary/aromatic N) is 4. The molecule has 6 heteroatoms. The van der Waals surface area contributed by atoms with Crippen molar-refractivity contribution in [1.82, 2.24) is 19.3 Å². The molecular formula is C23H32N4OS. The van der Waals surface area contributed by atoms with E-state index in [1.54, 1.807) is 11.3 Å². The van der Waals surface area contributed by atoms with Crippen LogP contribution in [0, 0.1) is 12.3 Å². The fourth-order valence-electron chi connectivity index (χ4n) is 4.42. The van der Waals surface area contributed by atoms with Gasteiger partial charge in [-0.15, -0.1) is 11.3 Å². The highest BCUT2D eigenvalue weighted by molar-refractivity contribution is 7.17. The van der Waals surface area contributed by atoms with E-state index in [9.17, 15) is 0 Å². The summed E-state index contributed by atoms with van der Waals surface area (Å²) in [6, 6.07) is 4.35. The number of aromatic nitrogens is 3. The zero-order valence-electron chi connectivity index (χ0n) is 18.0. The molecule has 156 valence electrons. The van der Waals surface area contributed by atoms with E-state index in [0.717, 1.165) is 49.8 Å². The van der Waals surface area contributed by atoms with Crippen molar-refractivity contribution >= 4 is 16.3 Å². The van der Waals surface area contributed by atoms with Crippen LogP contribution in [-0.4, -0.2) is 45.6 Å². The maximum absolute atomic E-state index is 5.98. The summed E-state index contributed by atoms with van der Waals surface area (Å²) in [6.45, 7) is 12.6. The molecule has 0 radical (unpaired) electrons. The van der Waals surface area contributed by atoms with Crippen LogP contribution in [0.4, 0.5) is 0 Å². The number of likely N-dealkylation sites (tertiary alicyclic amines) is 1. The van der Waals surface area contributed by atoms with Gasteiger partial charge in [-0.2, -0.15) is 0 Å². The minimum Gasteiger partial charge on any atom is -0.381 e. The molecule has 0 amide bonds. The Hall–Kier alpha value is -1.76. The molecule has 1 aliphatic rings. The van der Waals surface area contributed by atoms with E-state index in [4.69, 9.17) is 4.74 Å². The van der Waals surface area contributed by atoms with E-state index in [0.29, 0.717) is 0 Å². The summed E-state index contributed by atoms with van der Waals surface area (Å²) in [7, 11) is 0. The van der Waals surface area contributed by atoms with Crippen molar-refractivity contribution in [2.24, 2.45) is 5.41 Å². The van der Waals surface area contributed by atoms with Crippen LogP contribution in [0.3, 0.4) is 0 Å². The lowest BCUT2D eigenvalue weighted by Crippen LogP contribution is -2.42. The predicted octanol–water partition coefficient (Wildman–Crippen LogP) is 4.70. The molecule has 3 aromatic heterocycles. The molecule has 0 aromatic carbocycles. The van der Waals surface area contributed by atoms with E-state index in [1.165, 1.54) is 16.9 Å². The molecule has 1 atom stereocenters.